The fourth-order valence-electron chi connectivity index (χ4n) is 2.39. The molecule has 1 aliphatic rings. The maximum absolute atomic E-state index is 13.7. The zero-order valence-electron chi connectivity index (χ0n) is 9.93. The van der Waals surface area contributed by atoms with Crippen molar-refractivity contribution < 1.29 is 9.13 Å². The van der Waals surface area contributed by atoms with E-state index in [4.69, 9.17) is 4.74 Å². The second kappa shape index (κ2) is 5.83. The Labute approximate surface area is 110 Å². The van der Waals surface area contributed by atoms with Gasteiger partial charge in [0.1, 0.15) is 0 Å². The number of hydrogen-bond donors (Lipinski definition) is 1. The number of rotatable bonds is 3. The Morgan fingerprint density at radius 2 is 2.12 bits per heavy atom. The van der Waals surface area contributed by atoms with Gasteiger partial charge in [-0.05, 0) is 56.0 Å². The van der Waals surface area contributed by atoms with Crippen molar-refractivity contribution in [2.45, 2.75) is 19.3 Å². The van der Waals surface area contributed by atoms with Gasteiger partial charge < -0.3 is 10.1 Å². The molecule has 0 saturated carbocycles. The van der Waals surface area contributed by atoms with Gasteiger partial charge in [0.15, 0.2) is 11.6 Å². The number of halogens is 2. The van der Waals surface area contributed by atoms with Crippen LogP contribution in [0.1, 0.15) is 18.4 Å². The SMILES string of the molecule is COc1c(F)cc(Br)cc1CC1CCNCC1. The molecule has 94 valence electrons. The van der Waals surface area contributed by atoms with Gasteiger partial charge in [-0.25, -0.2) is 4.39 Å². The molecule has 1 aromatic carbocycles. The van der Waals surface area contributed by atoms with Crippen LogP contribution < -0.4 is 10.1 Å². The molecule has 1 aromatic rings. The topological polar surface area (TPSA) is 21.3 Å². The van der Waals surface area contributed by atoms with Crippen LogP contribution in [0, 0.1) is 11.7 Å². The third-order valence-corrected chi connectivity index (χ3v) is 3.71. The minimum absolute atomic E-state index is 0.286. The highest BCUT2D eigenvalue weighted by molar-refractivity contribution is 9.10. The Bertz CT molecular complexity index is 391. The minimum atomic E-state index is -0.286. The van der Waals surface area contributed by atoms with Gasteiger partial charge >= 0.3 is 0 Å². The number of methoxy groups -OCH3 is 1. The van der Waals surface area contributed by atoms with Crippen molar-refractivity contribution >= 4 is 15.9 Å². The van der Waals surface area contributed by atoms with Gasteiger partial charge in [-0.1, -0.05) is 15.9 Å². The van der Waals surface area contributed by atoms with Gasteiger partial charge in [0.05, 0.1) is 7.11 Å². The van der Waals surface area contributed by atoms with Crippen LogP contribution in [0.3, 0.4) is 0 Å². The summed E-state index contributed by atoms with van der Waals surface area (Å²) in [5, 5.41) is 3.34. The summed E-state index contributed by atoms with van der Waals surface area (Å²) in [7, 11) is 1.53. The summed E-state index contributed by atoms with van der Waals surface area (Å²) in [5.74, 6) is 0.733. The summed E-state index contributed by atoms with van der Waals surface area (Å²) in [6.45, 7) is 2.12. The normalized spacial score (nSPS) is 17.1. The Morgan fingerprint density at radius 1 is 1.41 bits per heavy atom. The first-order valence-corrected chi connectivity index (χ1v) is 6.72. The molecule has 0 amide bonds. The minimum Gasteiger partial charge on any atom is -0.493 e. The molecule has 0 aromatic heterocycles. The van der Waals surface area contributed by atoms with Gasteiger partial charge in [-0.3, -0.25) is 0 Å². The van der Waals surface area contributed by atoms with E-state index in [2.05, 4.69) is 21.2 Å². The Morgan fingerprint density at radius 3 is 2.76 bits per heavy atom. The monoisotopic (exact) mass is 301 g/mol. The van der Waals surface area contributed by atoms with Crippen molar-refractivity contribution in [1.29, 1.82) is 0 Å². The zero-order valence-corrected chi connectivity index (χ0v) is 11.5. The lowest BCUT2D eigenvalue weighted by Gasteiger charge is -2.23. The molecule has 2 rings (SSSR count). The van der Waals surface area contributed by atoms with E-state index in [0.717, 1.165) is 42.4 Å². The third kappa shape index (κ3) is 3.19. The number of hydrogen-bond acceptors (Lipinski definition) is 2. The average Bonchev–Trinajstić information content (AvgIpc) is 2.30. The molecule has 0 aliphatic carbocycles. The van der Waals surface area contributed by atoms with E-state index in [1.807, 2.05) is 6.07 Å². The standard InChI is InChI=1S/C13H17BrFNO/c1-17-13-10(7-11(14)8-12(13)15)6-9-2-4-16-5-3-9/h7-9,16H,2-6H2,1H3. The summed E-state index contributed by atoms with van der Waals surface area (Å²) in [6.07, 6.45) is 3.19. The highest BCUT2D eigenvalue weighted by Gasteiger charge is 2.18. The molecule has 1 aliphatic heterocycles. The Kier molecular flexibility index (Phi) is 4.40. The molecule has 4 heteroatoms. The second-order valence-corrected chi connectivity index (χ2v) is 5.39. The van der Waals surface area contributed by atoms with E-state index in [1.54, 1.807) is 0 Å². The molecule has 1 N–H and O–H groups in total. The van der Waals surface area contributed by atoms with Gasteiger partial charge in [-0.2, -0.15) is 0 Å². The lowest BCUT2D eigenvalue weighted by Crippen LogP contribution is -2.28. The summed E-state index contributed by atoms with van der Waals surface area (Å²) in [5.41, 5.74) is 0.964. The van der Waals surface area contributed by atoms with Crippen LogP contribution in [0.15, 0.2) is 16.6 Å². The van der Waals surface area contributed by atoms with Crippen LogP contribution in [0.5, 0.6) is 5.75 Å². The Hall–Kier alpha value is -0.610. The average molecular weight is 302 g/mol. The van der Waals surface area contributed by atoms with E-state index in [1.165, 1.54) is 13.2 Å². The molecule has 0 unspecified atom stereocenters. The first-order chi connectivity index (χ1) is 8.20. The highest BCUT2D eigenvalue weighted by Crippen LogP contribution is 2.30. The summed E-state index contributed by atoms with van der Waals surface area (Å²) < 4.78 is 19.6. The summed E-state index contributed by atoms with van der Waals surface area (Å²) in [6, 6.07) is 3.41. The number of benzene rings is 1. The number of piperidine rings is 1. The van der Waals surface area contributed by atoms with Crippen molar-refractivity contribution in [3.8, 4) is 5.75 Å². The van der Waals surface area contributed by atoms with Gasteiger partial charge in [0.2, 0.25) is 0 Å². The maximum atomic E-state index is 13.7. The van der Waals surface area contributed by atoms with Crippen LogP contribution in [0.2, 0.25) is 0 Å². The molecule has 1 heterocycles. The molecular formula is C13H17BrFNO. The first-order valence-electron chi connectivity index (χ1n) is 5.93. The molecule has 17 heavy (non-hydrogen) atoms. The molecule has 2 nitrogen and oxygen atoms in total. The lowest BCUT2D eigenvalue weighted by atomic mass is 9.90. The number of nitrogens with one attached hydrogen (secondary N) is 1. The largest absolute Gasteiger partial charge is 0.493 e. The summed E-state index contributed by atoms with van der Waals surface area (Å²) >= 11 is 3.33. The maximum Gasteiger partial charge on any atom is 0.166 e. The van der Waals surface area contributed by atoms with Crippen molar-refractivity contribution in [3.63, 3.8) is 0 Å². The van der Waals surface area contributed by atoms with Crippen LogP contribution in [-0.2, 0) is 6.42 Å². The highest BCUT2D eigenvalue weighted by atomic mass is 79.9. The van der Waals surface area contributed by atoms with E-state index < -0.39 is 0 Å². The fraction of sp³-hybridized carbons (Fsp3) is 0.538. The Balaban J connectivity index is 2.18. The molecule has 0 radical (unpaired) electrons. The van der Waals surface area contributed by atoms with Crippen LogP contribution >= 0.6 is 15.9 Å². The van der Waals surface area contributed by atoms with Crippen molar-refractivity contribution in [2.24, 2.45) is 5.92 Å². The third-order valence-electron chi connectivity index (χ3n) is 3.26. The predicted octanol–water partition coefficient (Wildman–Crippen LogP) is 3.14. The van der Waals surface area contributed by atoms with Gasteiger partial charge in [-0.15, -0.1) is 0 Å². The van der Waals surface area contributed by atoms with Crippen LogP contribution in [0.25, 0.3) is 0 Å². The lowest BCUT2D eigenvalue weighted by molar-refractivity contribution is 0.352. The van der Waals surface area contributed by atoms with E-state index in [9.17, 15) is 4.39 Å². The molecule has 1 fully saturated rings. The van der Waals surface area contributed by atoms with Crippen molar-refractivity contribution in [2.75, 3.05) is 20.2 Å². The van der Waals surface area contributed by atoms with Gasteiger partial charge in [0.25, 0.3) is 0 Å². The van der Waals surface area contributed by atoms with Gasteiger partial charge in [0, 0.05) is 4.47 Å². The zero-order chi connectivity index (χ0) is 12.3. The second-order valence-electron chi connectivity index (χ2n) is 4.48. The van der Waals surface area contributed by atoms with E-state index in [0.29, 0.717) is 11.7 Å². The van der Waals surface area contributed by atoms with Crippen LogP contribution in [0.4, 0.5) is 4.39 Å². The molecule has 0 bridgehead atoms. The van der Waals surface area contributed by atoms with E-state index in [-0.39, 0.29) is 5.82 Å². The molecular weight excluding hydrogens is 285 g/mol. The molecule has 1 saturated heterocycles. The van der Waals surface area contributed by atoms with Crippen molar-refractivity contribution in [1.82, 2.24) is 5.32 Å². The smallest absolute Gasteiger partial charge is 0.166 e. The molecule has 0 spiro atoms. The molecule has 0 atom stereocenters. The quantitative estimate of drug-likeness (QED) is 0.926. The fourth-order valence-corrected chi connectivity index (χ4v) is 2.87. The predicted molar refractivity (Wildman–Crippen MR) is 69.9 cm³/mol. The van der Waals surface area contributed by atoms with Crippen LogP contribution in [-0.4, -0.2) is 20.2 Å². The van der Waals surface area contributed by atoms with E-state index >= 15 is 0 Å². The van der Waals surface area contributed by atoms with Crippen molar-refractivity contribution in [3.05, 3.63) is 28.0 Å². The number of ether oxygens (including phenoxy) is 1. The summed E-state index contributed by atoms with van der Waals surface area (Å²) in [4.78, 5) is 0. The first kappa shape index (κ1) is 12.8.